The zero-order valence-electron chi connectivity index (χ0n) is 12.3. The van der Waals surface area contributed by atoms with Crippen molar-refractivity contribution in [1.29, 1.82) is 5.26 Å². The molecule has 2 rings (SSSR count). The summed E-state index contributed by atoms with van der Waals surface area (Å²) < 4.78 is 0. The Balaban J connectivity index is 2.17. The van der Waals surface area contributed by atoms with E-state index in [-0.39, 0.29) is 0 Å². The van der Waals surface area contributed by atoms with Crippen LogP contribution in [-0.4, -0.2) is 23.7 Å². The van der Waals surface area contributed by atoms with Gasteiger partial charge in [0.1, 0.15) is 0 Å². The first-order valence-electron chi connectivity index (χ1n) is 6.95. The van der Waals surface area contributed by atoms with E-state index in [1.54, 1.807) is 19.2 Å². The largest absolute Gasteiger partial charge is 0.389 e. The molecule has 1 atom stereocenters. The van der Waals surface area contributed by atoms with Gasteiger partial charge < -0.3 is 10.0 Å². The van der Waals surface area contributed by atoms with Crippen molar-refractivity contribution in [3.05, 3.63) is 59.4 Å². The summed E-state index contributed by atoms with van der Waals surface area (Å²) in [6.45, 7) is 2.50. The van der Waals surface area contributed by atoms with Crippen LogP contribution in [-0.2, 0) is 6.42 Å². The predicted molar refractivity (Wildman–Crippen MR) is 83.0 cm³/mol. The first-order valence-corrected chi connectivity index (χ1v) is 6.95. The van der Waals surface area contributed by atoms with Crippen LogP contribution >= 0.6 is 0 Å². The number of benzene rings is 1. The minimum Gasteiger partial charge on any atom is -0.389 e. The lowest BCUT2D eigenvalue weighted by Crippen LogP contribution is -2.22. The molecule has 1 heterocycles. The number of nitriles is 1. The maximum atomic E-state index is 9.88. The summed E-state index contributed by atoms with van der Waals surface area (Å²) in [6, 6.07) is 13.4. The lowest BCUT2D eigenvalue weighted by Gasteiger charge is -2.23. The second-order valence-corrected chi connectivity index (χ2v) is 5.05. The fraction of sp³-hybridized carbons (Fsp3) is 0.294. The summed E-state index contributed by atoms with van der Waals surface area (Å²) in [4.78, 5) is 6.36. The Kier molecular flexibility index (Phi) is 4.91. The summed E-state index contributed by atoms with van der Waals surface area (Å²) >= 11 is 0. The Morgan fingerprint density at radius 1 is 1.33 bits per heavy atom. The van der Waals surface area contributed by atoms with Crippen molar-refractivity contribution in [2.75, 3.05) is 18.5 Å². The first kappa shape index (κ1) is 15.0. The molecule has 0 saturated carbocycles. The topological polar surface area (TPSA) is 60.1 Å². The molecule has 1 aromatic heterocycles. The zero-order chi connectivity index (χ0) is 15.2. The highest BCUT2D eigenvalue weighted by molar-refractivity contribution is 5.58. The Bertz CT molecular complexity index is 632. The van der Waals surface area contributed by atoms with Crippen LogP contribution in [0.3, 0.4) is 0 Å². The normalized spacial score (nSPS) is 11.7. The third-order valence-corrected chi connectivity index (χ3v) is 3.45. The van der Waals surface area contributed by atoms with Gasteiger partial charge in [-0.1, -0.05) is 12.1 Å². The number of nitrogens with zero attached hydrogens (tertiary/aromatic N) is 3. The molecule has 0 unspecified atom stereocenters. The van der Waals surface area contributed by atoms with Crippen molar-refractivity contribution >= 4 is 5.69 Å². The Hall–Kier alpha value is -2.38. The molecule has 108 valence electrons. The smallest absolute Gasteiger partial charge is 0.0992 e. The van der Waals surface area contributed by atoms with Gasteiger partial charge in [0, 0.05) is 43.2 Å². The lowest BCUT2D eigenvalue weighted by atomic mass is 10.0. The SMILES string of the molecule is C[C@H](O)c1ccc(C#N)cc1N(C)CCc1ccccn1. The number of anilines is 1. The fourth-order valence-corrected chi connectivity index (χ4v) is 2.25. The van der Waals surface area contributed by atoms with Crippen LogP contribution in [0.2, 0.25) is 0 Å². The molecule has 0 aliphatic rings. The molecule has 0 radical (unpaired) electrons. The van der Waals surface area contributed by atoms with E-state index >= 15 is 0 Å². The molecule has 0 aliphatic heterocycles. The summed E-state index contributed by atoms with van der Waals surface area (Å²) in [5.41, 5.74) is 3.34. The van der Waals surface area contributed by atoms with E-state index < -0.39 is 6.10 Å². The van der Waals surface area contributed by atoms with E-state index in [2.05, 4.69) is 16.0 Å². The predicted octanol–water partition coefficient (Wildman–Crippen LogP) is 2.69. The van der Waals surface area contributed by atoms with Crippen LogP contribution < -0.4 is 4.90 Å². The summed E-state index contributed by atoms with van der Waals surface area (Å²) in [5, 5.41) is 18.9. The molecule has 4 nitrogen and oxygen atoms in total. The highest BCUT2D eigenvalue weighted by Crippen LogP contribution is 2.27. The van der Waals surface area contributed by atoms with Crippen molar-refractivity contribution in [1.82, 2.24) is 4.98 Å². The lowest BCUT2D eigenvalue weighted by molar-refractivity contribution is 0.199. The number of rotatable bonds is 5. The first-order chi connectivity index (χ1) is 10.1. The van der Waals surface area contributed by atoms with Gasteiger partial charge in [-0.3, -0.25) is 4.98 Å². The summed E-state index contributed by atoms with van der Waals surface area (Å²) in [5.74, 6) is 0. The van der Waals surface area contributed by atoms with Crippen LogP contribution in [0.25, 0.3) is 0 Å². The summed E-state index contributed by atoms with van der Waals surface area (Å²) in [6.07, 6.45) is 2.03. The van der Waals surface area contributed by atoms with Gasteiger partial charge in [0.2, 0.25) is 0 Å². The van der Waals surface area contributed by atoms with E-state index in [0.717, 1.165) is 29.9 Å². The second-order valence-electron chi connectivity index (χ2n) is 5.05. The Morgan fingerprint density at radius 2 is 2.14 bits per heavy atom. The molecular weight excluding hydrogens is 262 g/mol. The van der Waals surface area contributed by atoms with Crippen LogP contribution in [0.1, 0.15) is 29.8 Å². The molecule has 4 heteroatoms. The van der Waals surface area contributed by atoms with Gasteiger partial charge in [-0.2, -0.15) is 5.26 Å². The van der Waals surface area contributed by atoms with E-state index in [0.29, 0.717) is 5.56 Å². The van der Waals surface area contributed by atoms with Gasteiger partial charge in [-0.15, -0.1) is 0 Å². The second kappa shape index (κ2) is 6.87. The van der Waals surface area contributed by atoms with Gasteiger partial charge in [0.05, 0.1) is 17.7 Å². The number of hydrogen-bond donors (Lipinski definition) is 1. The quantitative estimate of drug-likeness (QED) is 0.915. The zero-order valence-corrected chi connectivity index (χ0v) is 12.3. The van der Waals surface area contributed by atoms with E-state index in [1.165, 1.54) is 0 Å². The number of aliphatic hydroxyl groups is 1. The van der Waals surface area contributed by atoms with Gasteiger partial charge in [-0.25, -0.2) is 0 Å². The number of likely N-dealkylation sites (N-methyl/N-ethyl adjacent to an activating group) is 1. The molecule has 0 amide bonds. The molecule has 0 aliphatic carbocycles. The van der Waals surface area contributed by atoms with Gasteiger partial charge in [-0.05, 0) is 31.2 Å². The monoisotopic (exact) mass is 281 g/mol. The van der Waals surface area contributed by atoms with Crippen LogP contribution in [0, 0.1) is 11.3 Å². The van der Waals surface area contributed by atoms with Crippen molar-refractivity contribution in [2.45, 2.75) is 19.4 Å². The Labute approximate surface area is 125 Å². The van der Waals surface area contributed by atoms with Crippen molar-refractivity contribution in [2.24, 2.45) is 0 Å². The Morgan fingerprint density at radius 3 is 2.76 bits per heavy atom. The van der Waals surface area contributed by atoms with Crippen molar-refractivity contribution in [3.8, 4) is 6.07 Å². The number of hydrogen-bond acceptors (Lipinski definition) is 4. The van der Waals surface area contributed by atoms with Crippen LogP contribution in [0.5, 0.6) is 0 Å². The van der Waals surface area contributed by atoms with Crippen LogP contribution in [0.4, 0.5) is 5.69 Å². The minimum atomic E-state index is -0.565. The molecule has 1 aromatic carbocycles. The van der Waals surface area contributed by atoms with Crippen molar-refractivity contribution in [3.63, 3.8) is 0 Å². The molecule has 0 fully saturated rings. The van der Waals surface area contributed by atoms with Crippen LogP contribution in [0.15, 0.2) is 42.6 Å². The average molecular weight is 281 g/mol. The fourth-order valence-electron chi connectivity index (χ4n) is 2.25. The van der Waals surface area contributed by atoms with Gasteiger partial charge >= 0.3 is 0 Å². The third kappa shape index (κ3) is 3.80. The molecule has 0 spiro atoms. The average Bonchev–Trinajstić information content (AvgIpc) is 2.52. The number of aromatic nitrogens is 1. The van der Waals surface area contributed by atoms with Crippen molar-refractivity contribution < 1.29 is 5.11 Å². The van der Waals surface area contributed by atoms with E-state index in [4.69, 9.17) is 5.26 Å². The van der Waals surface area contributed by atoms with E-state index in [1.807, 2.05) is 37.4 Å². The maximum absolute atomic E-state index is 9.88. The molecular formula is C17H19N3O. The molecule has 0 saturated heterocycles. The standard InChI is InChI=1S/C17H19N3O/c1-13(21)16-7-6-14(12-18)11-17(16)20(2)10-8-15-5-3-4-9-19-15/h3-7,9,11,13,21H,8,10H2,1-2H3/t13-/m0/s1. The molecule has 2 aromatic rings. The number of pyridine rings is 1. The summed E-state index contributed by atoms with van der Waals surface area (Å²) in [7, 11) is 1.96. The minimum absolute atomic E-state index is 0.565. The number of aliphatic hydroxyl groups excluding tert-OH is 1. The molecule has 21 heavy (non-hydrogen) atoms. The van der Waals surface area contributed by atoms with E-state index in [9.17, 15) is 5.11 Å². The molecule has 0 bridgehead atoms. The maximum Gasteiger partial charge on any atom is 0.0992 e. The highest BCUT2D eigenvalue weighted by atomic mass is 16.3. The van der Waals surface area contributed by atoms with Gasteiger partial charge in [0.15, 0.2) is 0 Å². The third-order valence-electron chi connectivity index (χ3n) is 3.45. The van der Waals surface area contributed by atoms with Gasteiger partial charge in [0.25, 0.3) is 0 Å². The highest BCUT2D eigenvalue weighted by Gasteiger charge is 2.12. The molecule has 1 N–H and O–H groups in total.